The summed E-state index contributed by atoms with van der Waals surface area (Å²) in [6, 6.07) is 18.8. The summed E-state index contributed by atoms with van der Waals surface area (Å²) >= 11 is 0. The lowest BCUT2D eigenvalue weighted by atomic mass is 9.74. The van der Waals surface area contributed by atoms with Crippen LogP contribution < -0.4 is 10.2 Å². The first-order valence-corrected chi connectivity index (χ1v) is 14.1. The van der Waals surface area contributed by atoms with Gasteiger partial charge < -0.3 is 10.2 Å². The van der Waals surface area contributed by atoms with Gasteiger partial charge in [0.05, 0.1) is 0 Å². The van der Waals surface area contributed by atoms with Gasteiger partial charge in [0.15, 0.2) is 0 Å². The van der Waals surface area contributed by atoms with Crippen molar-refractivity contribution in [2.75, 3.05) is 31.1 Å². The molecule has 2 aliphatic carbocycles. The number of allylic oxidation sites excluding steroid dienone is 5. The summed E-state index contributed by atoms with van der Waals surface area (Å²) in [5.74, 6) is 0. The summed E-state index contributed by atoms with van der Waals surface area (Å²) in [5, 5.41) is 3.63. The zero-order valence-electron chi connectivity index (χ0n) is 21.2. The molecule has 2 saturated heterocycles. The van der Waals surface area contributed by atoms with Crippen molar-refractivity contribution in [3.05, 3.63) is 94.6 Å². The molecule has 2 heteroatoms. The largest absolute Gasteiger partial charge is 0.371 e. The van der Waals surface area contributed by atoms with Crippen LogP contribution in [0.4, 0.5) is 5.69 Å². The molecule has 1 spiro atoms. The third kappa shape index (κ3) is 4.78. The maximum Gasteiger partial charge on any atom is 0.0366 e. The van der Waals surface area contributed by atoms with E-state index in [1.165, 1.54) is 112 Å². The van der Waals surface area contributed by atoms with Crippen LogP contribution in [-0.2, 0) is 6.42 Å². The van der Waals surface area contributed by atoms with Crippen LogP contribution in [0.2, 0.25) is 0 Å². The fourth-order valence-electron chi connectivity index (χ4n) is 7.10. The van der Waals surface area contributed by atoms with Crippen molar-refractivity contribution in [1.29, 1.82) is 0 Å². The standard InChI is InChI=1S/C33H40N2/c1-2-9-26(10-3-1)31-14-6-12-27-11-4-5-13-30(27)32(31)28-15-17-29(18-16-28)35-24-8-20-33(25-35)19-7-22-34-23-21-33/h1-2,4-5,9,11,13,15-18,34H,3,6-8,10,12,14,19-25H2. The first-order valence-electron chi connectivity index (χ1n) is 14.1. The molecule has 0 aromatic heterocycles. The van der Waals surface area contributed by atoms with Crippen molar-refractivity contribution in [2.24, 2.45) is 5.41 Å². The predicted octanol–water partition coefficient (Wildman–Crippen LogP) is 7.46. The van der Waals surface area contributed by atoms with Crippen LogP contribution >= 0.6 is 0 Å². The van der Waals surface area contributed by atoms with Crippen LogP contribution in [0.25, 0.3) is 5.57 Å². The van der Waals surface area contributed by atoms with E-state index in [1.807, 2.05) is 0 Å². The number of anilines is 1. The zero-order valence-corrected chi connectivity index (χ0v) is 21.2. The van der Waals surface area contributed by atoms with E-state index in [0.717, 1.165) is 6.42 Å². The van der Waals surface area contributed by atoms with E-state index >= 15 is 0 Å². The molecule has 1 atom stereocenters. The Hall–Kier alpha value is -2.58. The van der Waals surface area contributed by atoms with Crippen LogP contribution in [0.1, 0.15) is 74.5 Å². The Balaban J connectivity index is 1.35. The Labute approximate surface area is 211 Å². The van der Waals surface area contributed by atoms with Gasteiger partial charge in [0.1, 0.15) is 0 Å². The molecule has 1 unspecified atom stereocenters. The Morgan fingerprint density at radius 3 is 2.57 bits per heavy atom. The number of aryl methyl sites for hydroxylation is 1. The van der Waals surface area contributed by atoms with Gasteiger partial charge in [-0.05, 0) is 128 Å². The van der Waals surface area contributed by atoms with Crippen LogP contribution in [0.15, 0.2) is 77.9 Å². The number of hydrogen-bond donors (Lipinski definition) is 1. The molecule has 0 amide bonds. The minimum atomic E-state index is 0.511. The molecular formula is C33H40N2. The fourth-order valence-corrected chi connectivity index (χ4v) is 7.10. The quantitative estimate of drug-likeness (QED) is 0.507. The van der Waals surface area contributed by atoms with Crippen molar-refractivity contribution in [3.8, 4) is 0 Å². The van der Waals surface area contributed by atoms with E-state index in [-0.39, 0.29) is 0 Å². The molecule has 4 aliphatic rings. The van der Waals surface area contributed by atoms with E-state index in [4.69, 9.17) is 0 Å². The van der Waals surface area contributed by atoms with E-state index in [0.29, 0.717) is 5.41 Å². The Morgan fingerprint density at radius 2 is 1.69 bits per heavy atom. The minimum Gasteiger partial charge on any atom is -0.371 e. The van der Waals surface area contributed by atoms with E-state index < -0.39 is 0 Å². The highest BCUT2D eigenvalue weighted by molar-refractivity contribution is 5.87. The molecule has 35 heavy (non-hydrogen) atoms. The molecular weight excluding hydrogens is 424 g/mol. The molecule has 1 N–H and O–H groups in total. The van der Waals surface area contributed by atoms with Gasteiger partial charge in [-0.3, -0.25) is 0 Å². The lowest BCUT2D eigenvalue weighted by molar-refractivity contribution is 0.204. The van der Waals surface area contributed by atoms with Crippen molar-refractivity contribution < 1.29 is 0 Å². The highest BCUT2D eigenvalue weighted by atomic mass is 15.1. The van der Waals surface area contributed by atoms with Crippen LogP contribution in [-0.4, -0.2) is 26.2 Å². The van der Waals surface area contributed by atoms with Gasteiger partial charge in [0.25, 0.3) is 0 Å². The molecule has 2 fully saturated rings. The van der Waals surface area contributed by atoms with E-state index in [9.17, 15) is 0 Å². The van der Waals surface area contributed by atoms with Gasteiger partial charge in [-0.1, -0.05) is 54.6 Å². The lowest BCUT2D eigenvalue weighted by Crippen LogP contribution is -2.43. The molecule has 2 nitrogen and oxygen atoms in total. The normalized spacial score (nSPS) is 25.1. The highest BCUT2D eigenvalue weighted by Crippen LogP contribution is 2.42. The lowest BCUT2D eigenvalue weighted by Gasteiger charge is -2.43. The zero-order chi connectivity index (χ0) is 23.5. The number of hydrogen-bond acceptors (Lipinski definition) is 2. The maximum atomic E-state index is 3.63. The molecule has 2 aromatic carbocycles. The molecule has 2 aliphatic heterocycles. The highest BCUT2D eigenvalue weighted by Gasteiger charge is 2.35. The SMILES string of the molecule is C1=CCCC(C2=C(c3ccc(N4CCCC5(CCCNCC5)C4)cc3)c3ccccc3CCC2)=C1. The van der Waals surface area contributed by atoms with Crippen molar-refractivity contribution in [1.82, 2.24) is 5.32 Å². The first-order chi connectivity index (χ1) is 17.3. The van der Waals surface area contributed by atoms with Gasteiger partial charge in [0, 0.05) is 18.8 Å². The summed E-state index contributed by atoms with van der Waals surface area (Å²) < 4.78 is 0. The van der Waals surface area contributed by atoms with Gasteiger partial charge in [0.2, 0.25) is 0 Å². The molecule has 2 heterocycles. The molecule has 6 rings (SSSR count). The Bertz CT molecular complexity index is 1130. The number of rotatable bonds is 3. The summed E-state index contributed by atoms with van der Waals surface area (Å²) in [4.78, 5) is 2.68. The second kappa shape index (κ2) is 10.2. The molecule has 0 radical (unpaired) electrons. The Kier molecular flexibility index (Phi) is 6.65. The predicted molar refractivity (Wildman–Crippen MR) is 149 cm³/mol. The fraction of sp³-hybridized carbons (Fsp3) is 0.455. The molecule has 0 bridgehead atoms. The topological polar surface area (TPSA) is 15.3 Å². The van der Waals surface area contributed by atoms with Gasteiger partial charge in [-0.25, -0.2) is 0 Å². The first kappa shape index (κ1) is 22.9. The minimum absolute atomic E-state index is 0.511. The van der Waals surface area contributed by atoms with Crippen LogP contribution in [0.3, 0.4) is 0 Å². The van der Waals surface area contributed by atoms with Crippen LogP contribution in [0.5, 0.6) is 0 Å². The number of fused-ring (bicyclic) bond motifs is 1. The Morgan fingerprint density at radius 1 is 0.800 bits per heavy atom. The second-order valence-corrected chi connectivity index (χ2v) is 11.2. The second-order valence-electron chi connectivity index (χ2n) is 11.2. The van der Waals surface area contributed by atoms with Crippen molar-refractivity contribution in [2.45, 2.75) is 64.2 Å². The van der Waals surface area contributed by atoms with Crippen LogP contribution in [0, 0.1) is 5.41 Å². The third-order valence-electron chi connectivity index (χ3n) is 8.94. The average molecular weight is 465 g/mol. The smallest absolute Gasteiger partial charge is 0.0366 e. The summed E-state index contributed by atoms with van der Waals surface area (Å²) in [6.45, 7) is 4.81. The summed E-state index contributed by atoms with van der Waals surface area (Å²) in [7, 11) is 0. The molecule has 2 aromatic rings. The monoisotopic (exact) mass is 464 g/mol. The van der Waals surface area contributed by atoms with E-state index in [2.05, 4.69) is 77.0 Å². The number of piperidine rings is 1. The summed E-state index contributed by atoms with van der Waals surface area (Å²) in [5.41, 5.74) is 10.9. The third-order valence-corrected chi connectivity index (χ3v) is 8.94. The van der Waals surface area contributed by atoms with Gasteiger partial charge in [-0.2, -0.15) is 0 Å². The van der Waals surface area contributed by atoms with Crippen molar-refractivity contribution >= 4 is 11.3 Å². The summed E-state index contributed by atoms with van der Waals surface area (Å²) in [6.07, 6.45) is 19.6. The number of benzene rings is 2. The number of nitrogens with one attached hydrogen (secondary N) is 1. The molecule has 0 saturated carbocycles. The van der Waals surface area contributed by atoms with Gasteiger partial charge in [-0.15, -0.1) is 0 Å². The van der Waals surface area contributed by atoms with Gasteiger partial charge >= 0.3 is 0 Å². The van der Waals surface area contributed by atoms with E-state index in [1.54, 1.807) is 11.1 Å². The van der Waals surface area contributed by atoms with Crippen molar-refractivity contribution in [3.63, 3.8) is 0 Å². The average Bonchev–Trinajstić information content (AvgIpc) is 3.26. The number of nitrogens with zero attached hydrogens (tertiary/aromatic N) is 1. The molecule has 182 valence electrons. The maximum absolute atomic E-state index is 3.63.